The van der Waals surface area contributed by atoms with Crippen molar-refractivity contribution in [2.75, 3.05) is 0 Å². The number of amides is 1. The minimum Gasteiger partial charge on any atom is -0.480 e. The highest BCUT2D eigenvalue weighted by Gasteiger charge is 2.32. The van der Waals surface area contributed by atoms with Crippen molar-refractivity contribution in [2.24, 2.45) is 0 Å². The molecule has 1 amide bonds. The first-order valence-electron chi connectivity index (χ1n) is 8.46. The number of carboxylic acids is 1. The summed E-state index contributed by atoms with van der Waals surface area (Å²) in [4.78, 5) is 24.8. The molecule has 27 heavy (non-hydrogen) atoms. The van der Waals surface area contributed by atoms with Crippen LogP contribution in [0.15, 0.2) is 84.9 Å². The number of carbonyl (C=O) groups excluding carboxylic acids is 1. The molecule has 3 aromatic carbocycles. The minimum atomic E-state index is -1.15. The molecule has 3 aromatic rings. The van der Waals surface area contributed by atoms with Gasteiger partial charge >= 0.3 is 5.97 Å². The van der Waals surface area contributed by atoms with Gasteiger partial charge < -0.3 is 10.4 Å². The van der Waals surface area contributed by atoms with E-state index in [9.17, 15) is 14.7 Å². The Balaban J connectivity index is 2.00. The number of aliphatic carboxylic acids is 1. The molecule has 5 heteroatoms. The molecule has 3 rings (SSSR count). The summed E-state index contributed by atoms with van der Waals surface area (Å²) in [5.41, 5.74) is 1.84. The normalized spacial score (nSPS) is 11.8. The quantitative estimate of drug-likeness (QED) is 0.669. The standard InChI is InChI=1S/C22H18ClNO3/c23-18-14-8-7-13-17(18)21(25)24-20(22(26)27)19(15-9-3-1-4-10-15)16-11-5-2-6-12-16/h1-14,19-20H,(H,24,25)(H,26,27)/t20-/m1/s1. The topological polar surface area (TPSA) is 66.4 Å². The van der Waals surface area contributed by atoms with Gasteiger partial charge in [-0.2, -0.15) is 0 Å². The lowest BCUT2D eigenvalue weighted by atomic mass is 9.85. The van der Waals surface area contributed by atoms with Crippen molar-refractivity contribution in [3.05, 3.63) is 107 Å². The Bertz CT molecular complexity index is 889. The SMILES string of the molecule is O=C(N[C@@H](C(=O)O)C(c1ccccc1)c1ccccc1)c1ccccc1Cl. The third kappa shape index (κ3) is 4.36. The number of hydrogen-bond acceptors (Lipinski definition) is 2. The average Bonchev–Trinajstić information content (AvgIpc) is 2.69. The summed E-state index contributed by atoms with van der Waals surface area (Å²) in [6, 6.07) is 23.9. The van der Waals surface area contributed by atoms with Gasteiger partial charge in [0.05, 0.1) is 10.6 Å². The second-order valence-corrected chi connectivity index (χ2v) is 6.48. The van der Waals surface area contributed by atoms with E-state index in [-0.39, 0.29) is 10.6 Å². The van der Waals surface area contributed by atoms with Crippen molar-refractivity contribution in [3.63, 3.8) is 0 Å². The van der Waals surface area contributed by atoms with Gasteiger partial charge in [-0.15, -0.1) is 0 Å². The van der Waals surface area contributed by atoms with E-state index in [1.54, 1.807) is 24.3 Å². The van der Waals surface area contributed by atoms with Crippen LogP contribution in [-0.4, -0.2) is 23.0 Å². The van der Waals surface area contributed by atoms with Crippen molar-refractivity contribution in [2.45, 2.75) is 12.0 Å². The van der Waals surface area contributed by atoms with E-state index in [4.69, 9.17) is 11.6 Å². The van der Waals surface area contributed by atoms with Gasteiger partial charge in [0.25, 0.3) is 5.91 Å². The van der Waals surface area contributed by atoms with Crippen molar-refractivity contribution >= 4 is 23.5 Å². The van der Waals surface area contributed by atoms with E-state index in [1.807, 2.05) is 60.7 Å². The van der Waals surface area contributed by atoms with Crippen molar-refractivity contribution in [3.8, 4) is 0 Å². The fraction of sp³-hybridized carbons (Fsp3) is 0.0909. The van der Waals surface area contributed by atoms with Crippen LogP contribution in [-0.2, 0) is 4.79 Å². The maximum Gasteiger partial charge on any atom is 0.327 e. The minimum absolute atomic E-state index is 0.241. The second-order valence-electron chi connectivity index (χ2n) is 6.07. The van der Waals surface area contributed by atoms with Gasteiger partial charge in [0.1, 0.15) is 6.04 Å². The van der Waals surface area contributed by atoms with Gasteiger partial charge in [-0.3, -0.25) is 4.79 Å². The third-order valence-corrected chi connectivity index (χ3v) is 4.65. The number of carboxylic acid groups (broad SMARTS) is 1. The molecule has 0 heterocycles. The molecule has 4 nitrogen and oxygen atoms in total. The zero-order valence-electron chi connectivity index (χ0n) is 14.4. The van der Waals surface area contributed by atoms with Gasteiger partial charge in [0.2, 0.25) is 0 Å². The van der Waals surface area contributed by atoms with Crippen LogP contribution in [0.25, 0.3) is 0 Å². The molecule has 0 bridgehead atoms. The summed E-state index contributed by atoms with van der Waals surface area (Å²) in [5, 5.41) is 12.8. The second kappa shape index (κ2) is 8.52. The van der Waals surface area contributed by atoms with Crippen molar-refractivity contribution in [1.29, 1.82) is 0 Å². The Morgan fingerprint density at radius 1 is 0.778 bits per heavy atom. The van der Waals surface area contributed by atoms with Crippen molar-refractivity contribution < 1.29 is 14.7 Å². The summed E-state index contributed by atoms with van der Waals surface area (Å²) in [5.74, 6) is -2.19. The summed E-state index contributed by atoms with van der Waals surface area (Å²) < 4.78 is 0. The summed E-state index contributed by atoms with van der Waals surface area (Å²) in [6.45, 7) is 0. The molecule has 0 saturated carbocycles. The van der Waals surface area contributed by atoms with E-state index in [0.29, 0.717) is 0 Å². The zero-order chi connectivity index (χ0) is 19.2. The molecule has 1 atom stereocenters. The molecule has 0 fully saturated rings. The highest BCUT2D eigenvalue weighted by molar-refractivity contribution is 6.33. The number of halogens is 1. The molecule has 2 N–H and O–H groups in total. The molecular formula is C22H18ClNO3. The molecule has 0 aromatic heterocycles. The molecule has 0 aliphatic carbocycles. The largest absolute Gasteiger partial charge is 0.480 e. The maximum absolute atomic E-state index is 12.7. The lowest BCUT2D eigenvalue weighted by Gasteiger charge is -2.26. The van der Waals surface area contributed by atoms with Crippen LogP contribution >= 0.6 is 11.6 Å². The molecule has 0 unspecified atom stereocenters. The predicted octanol–water partition coefficient (Wildman–Crippen LogP) is 4.36. The Morgan fingerprint density at radius 3 is 1.74 bits per heavy atom. The number of nitrogens with one attached hydrogen (secondary N) is 1. The van der Waals surface area contributed by atoms with Crippen LogP contribution in [0.2, 0.25) is 5.02 Å². The van der Waals surface area contributed by atoms with E-state index in [2.05, 4.69) is 5.32 Å². The van der Waals surface area contributed by atoms with Crippen LogP contribution in [0.3, 0.4) is 0 Å². The van der Waals surface area contributed by atoms with Gasteiger partial charge in [0, 0.05) is 5.92 Å². The van der Waals surface area contributed by atoms with E-state index >= 15 is 0 Å². The smallest absolute Gasteiger partial charge is 0.327 e. The first-order chi connectivity index (χ1) is 13.1. The average molecular weight is 380 g/mol. The summed E-state index contributed by atoms with van der Waals surface area (Å²) in [7, 11) is 0. The Hall–Kier alpha value is -3.11. The fourth-order valence-corrected chi connectivity index (χ4v) is 3.27. The molecule has 0 aliphatic heterocycles. The van der Waals surface area contributed by atoms with Gasteiger partial charge in [-0.25, -0.2) is 4.79 Å². The first kappa shape index (κ1) is 18.7. The monoisotopic (exact) mass is 379 g/mol. The van der Waals surface area contributed by atoms with Crippen LogP contribution in [0, 0.1) is 0 Å². The van der Waals surface area contributed by atoms with E-state index in [1.165, 1.54) is 0 Å². The maximum atomic E-state index is 12.7. The fourth-order valence-electron chi connectivity index (χ4n) is 3.05. The molecule has 0 spiro atoms. The number of hydrogen-bond donors (Lipinski definition) is 2. The third-order valence-electron chi connectivity index (χ3n) is 4.32. The van der Waals surface area contributed by atoms with Gasteiger partial charge in [0.15, 0.2) is 0 Å². The molecular weight excluding hydrogens is 362 g/mol. The highest BCUT2D eigenvalue weighted by atomic mass is 35.5. The van der Waals surface area contributed by atoms with Crippen LogP contribution in [0.5, 0.6) is 0 Å². The lowest BCUT2D eigenvalue weighted by molar-refractivity contribution is -0.139. The lowest BCUT2D eigenvalue weighted by Crippen LogP contribution is -2.45. The summed E-state index contributed by atoms with van der Waals surface area (Å²) >= 11 is 6.09. The Labute approximate surface area is 162 Å². The molecule has 0 saturated heterocycles. The van der Waals surface area contributed by atoms with E-state index < -0.39 is 23.8 Å². The zero-order valence-corrected chi connectivity index (χ0v) is 15.1. The van der Waals surface area contributed by atoms with Crippen LogP contribution in [0.1, 0.15) is 27.4 Å². The molecule has 0 aliphatic rings. The predicted molar refractivity (Wildman–Crippen MR) is 105 cm³/mol. The van der Waals surface area contributed by atoms with Gasteiger partial charge in [-0.05, 0) is 23.3 Å². The first-order valence-corrected chi connectivity index (χ1v) is 8.84. The number of benzene rings is 3. The number of rotatable bonds is 6. The highest BCUT2D eigenvalue weighted by Crippen LogP contribution is 2.29. The molecule has 0 radical (unpaired) electrons. The van der Waals surface area contributed by atoms with Crippen LogP contribution in [0.4, 0.5) is 0 Å². The number of carbonyl (C=O) groups is 2. The Kier molecular flexibility index (Phi) is 5.89. The van der Waals surface area contributed by atoms with Crippen molar-refractivity contribution in [1.82, 2.24) is 5.32 Å². The van der Waals surface area contributed by atoms with Gasteiger partial charge in [-0.1, -0.05) is 84.4 Å². The Morgan fingerprint density at radius 2 is 1.26 bits per heavy atom. The van der Waals surface area contributed by atoms with Crippen LogP contribution < -0.4 is 5.32 Å². The summed E-state index contributed by atoms with van der Waals surface area (Å²) in [6.07, 6.45) is 0. The molecule has 136 valence electrons. The van der Waals surface area contributed by atoms with E-state index in [0.717, 1.165) is 11.1 Å².